The van der Waals surface area contributed by atoms with E-state index < -0.39 is 0 Å². The third-order valence-corrected chi connectivity index (χ3v) is 2.94. The number of nitrogens with one attached hydrogen (secondary N) is 1. The minimum atomic E-state index is 0.698. The van der Waals surface area contributed by atoms with Crippen LogP contribution in [0, 0.1) is 6.92 Å². The molecule has 2 rings (SSSR count). The van der Waals surface area contributed by atoms with Gasteiger partial charge in [0.1, 0.15) is 0 Å². The monoisotopic (exact) mass is 259 g/mol. The van der Waals surface area contributed by atoms with Crippen LogP contribution in [0.5, 0.6) is 0 Å². The summed E-state index contributed by atoms with van der Waals surface area (Å²) in [5.41, 5.74) is 2.46. The van der Waals surface area contributed by atoms with E-state index in [1.807, 2.05) is 0 Å². The predicted octanol–water partition coefficient (Wildman–Crippen LogP) is 2.51. The second-order valence-corrected chi connectivity index (χ2v) is 4.71. The molecule has 0 bridgehead atoms. The highest BCUT2D eigenvalue weighted by Gasteiger charge is 2.06. The van der Waals surface area contributed by atoms with Crippen LogP contribution in [0.1, 0.15) is 36.3 Å². The number of hydrogen-bond acceptors (Lipinski definition) is 4. The maximum Gasteiger partial charge on any atom is 0.220 e. The Morgan fingerprint density at radius 3 is 2.84 bits per heavy atom. The molecule has 0 aliphatic rings. The van der Waals surface area contributed by atoms with Crippen molar-refractivity contribution in [1.29, 1.82) is 0 Å². The van der Waals surface area contributed by atoms with E-state index in [0.717, 1.165) is 31.8 Å². The minimum Gasteiger partial charge on any atom is -0.425 e. The molecule has 4 heteroatoms. The van der Waals surface area contributed by atoms with Crippen molar-refractivity contribution in [3.8, 4) is 0 Å². The van der Waals surface area contributed by atoms with Crippen LogP contribution in [0.25, 0.3) is 0 Å². The van der Waals surface area contributed by atoms with E-state index in [9.17, 15) is 0 Å². The van der Waals surface area contributed by atoms with E-state index in [0.29, 0.717) is 12.3 Å². The van der Waals surface area contributed by atoms with Gasteiger partial charge in [0.25, 0.3) is 0 Å². The predicted molar refractivity (Wildman–Crippen MR) is 75.1 cm³/mol. The molecule has 1 aromatic heterocycles. The van der Waals surface area contributed by atoms with Crippen molar-refractivity contribution in [3.05, 3.63) is 47.2 Å². The molecule has 1 aromatic carbocycles. The average molecular weight is 259 g/mol. The fourth-order valence-electron chi connectivity index (χ4n) is 2.00. The zero-order valence-electron chi connectivity index (χ0n) is 11.6. The van der Waals surface area contributed by atoms with Crippen LogP contribution in [0.2, 0.25) is 0 Å². The van der Waals surface area contributed by atoms with Crippen molar-refractivity contribution in [1.82, 2.24) is 15.5 Å². The molecule has 0 saturated heterocycles. The summed E-state index contributed by atoms with van der Waals surface area (Å²) in [6.07, 6.45) is 2.58. The van der Waals surface area contributed by atoms with Gasteiger partial charge >= 0.3 is 0 Å². The minimum absolute atomic E-state index is 0.698. The number of hydrogen-bond donors (Lipinski definition) is 1. The maximum absolute atomic E-state index is 5.66. The lowest BCUT2D eigenvalue weighted by atomic mass is 10.1. The van der Waals surface area contributed by atoms with E-state index in [1.54, 1.807) is 0 Å². The summed E-state index contributed by atoms with van der Waals surface area (Å²) < 4.78 is 5.66. The lowest BCUT2D eigenvalue weighted by Gasteiger charge is -1.99. The average Bonchev–Trinajstić information content (AvgIpc) is 2.82. The van der Waals surface area contributed by atoms with Gasteiger partial charge in [0.05, 0.1) is 6.42 Å². The van der Waals surface area contributed by atoms with Gasteiger partial charge in [-0.25, -0.2) is 0 Å². The molecule has 0 saturated carbocycles. The lowest BCUT2D eigenvalue weighted by Crippen LogP contribution is -2.14. The Bertz CT molecular complexity index is 508. The van der Waals surface area contributed by atoms with Crippen LogP contribution in [0.15, 0.2) is 28.7 Å². The van der Waals surface area contributed by atoms with E-state index in [4.69, 9.17) is 4.42 Å². The Hall–Kier alpha value is -1.68. The molecule has 0 amide bonds. The molecular formula is C15H21N3O. The topological polar surface area (TPSA) is 51.0 Å². The van der Waals surface area contributed by atoms with Crippen molar-refractivity contribution >= 4 is 0 Å². The third kappa shape index (κ3) is 4.48. The van der Waals surface area contributed by atoms with Crippen molar-refractivity contribution in [2.45, 2.75) is 33.1 Å². The molecule has 102 valence electrons. The first-order valence-corrected chi connectivity index (χ1v) is 6.85. The van der Waals surface area contributed by atoms with Gasteiger partial charge in [0, 0.05) is 6.42 Å². The first-order valence-electron chi connectivity index (χ1n) is 6.85. The summed E-state index contributed by atoms with van der Waals surface area (Å²) in [5.74, 6) is 1.43. The molecule has 0 aliphatic carbocycles. The highest BCUT2D eigenvalue weighted by molar-refractivity contribution is 5.24. The first-order chi connectivity index (χ1) is 9.28. The van der Waals surface area contributed by atoms with Gasteiger partial charge in [0.15, 0.2) is 0 Å². The van der Waals surface area contributed by atoms with Gasteiger partial charge in [-0.05, 0) is 32.0 Å². The van der Waals surface area contributed by atoms with Crippen LogP contribution < -0.4 is 5.32 Å². The zero-order chi connectivity index (χ0) is 13.5. The highest BCUT2D eigenvalue weighted by Crippen LogP contribution is 2.11. The van der Waals surface area contributed by atoms with Gasteiger partial charge in [-0.3, -0.25) is 0 Å². The second-order valence-electron chi connectivity index (χ2n) is 4.71. The number of aromatic nitrogens is 2. The van der Waals surface area contributed by atoms with Crippen molar-refractivity contribution in [2.24, 2.45) is 0 Å². The number of rotatable bonds is 7. The maximum atomic E-state index is 5.66. The van der Waals surface area contributed by atoms with Crippen LogP contribution in [-0.2, 0) is 12.8 Å². The van der Waals surface area contributed by atoms with E-state index in [2.05, 4.69) is 53.6 Å². The number of nitrogens with zero attached hydrogens (tertiary/aromatic N) is 2. The zero-order valence-corrected chi connectivity index (χ0v) is 11.6. The summed E-state index contributed by atoms with van der Waals surface area (Å²) in [6.45, 7) is 6.19. The van der Waals surface area contributed by atoms with Gasteiger partial charge in [0.2, 0.25) is 11.8 Å². The Labute approximate surface area is 114 Å². The summed E-state index contributed by atoms with van der Waals surface area (Å²) in [4.78, 5) is 0. The van der Waals surface area contributed by atoms with E-state index >= 15 is 0 Å². The summed E-state index contributed by atoms with van der Waals surface area (Å²) in [6, 6.07) is 8.37. The van der Waals surface area contributed by atoms with Crippen LogP contribution >= 0.6 is 0 Å². The molecule has 0 radical (unpaired) electrons. The molecule has 4 nitrogen and oxygen atoms in total. The van der Waals surface area contributed by atoms with Crippen LogP contribution in [-0.4, -0.2) is 23.3 Å². The number of aryl methyl sites for hydroxylation is 2. The van der Waals surface area contributed by atoms with E-state index in [1.165, 1.54) is 11.1 Å². The van der Waals surface area contributed by atoms with Gasteiger partial charge in [-0.15, -0.1) is 10.2 Å². The smallest absolute Gasteiger partial charge is 0.220 e. The Kier molecular flexibility index (Phi) is 5.10. The molecule has 2 aromatic rings. The van der Waals surface area contributed by atoms with Crippen molar-refractivity contribution in [3.63, 3.8) is 0 Å². The SMILES string of the molecule is CCNCCCc1nnc(Cc2cccc(C)c2)o1. The standard InChI is InChI=1S/C15H21N3O/c1-3-16-9-5-8-14-17-18-15(19-14)11-13-7-4-6-12(2)10-13/h4,6-7,10,16H,3,5,8-9,11H2,1-2H3. The van der Waals surface area contributed by atoms with E-state index in [-0.39, 0.29) is 0 Å². The Morgan fingerprint density at radius 2 is 2.05 bits per heavy atom. The lowest BCUT2D eigenvalue weighted by molar-refractivity contribution is 0.449. The van der Waals surface area contributed by atoms with Crippen LogP contribution in [0.4, 0.5) is 0 Å². The Morgan fingerprint density at radius 1 is 1.21 bits per heavy atom. The molecule has 0 fully saturated rings. The highest BCUT2D eigenvalue weighted by atomic mass is 16.4. The summed E-state index contributed by atoms with van der Waals surface area (Å²) in [7, 11) is 0. The van der Waals surface area contributed by atoms with Crippen molar-refractivity contribution < 1.29 is 4.42 Å². The molecule has 19 heavy (non-hydrogen) atoms. The second kappa shape index (κ2) is 7.04. The fraction of sp³-hybridized carbons (Fsp3) is 0.467. The third-order valence-electron chi connectivity index (χ3n) is 2.94. The molecule has 1 N–H and O–H groups in total. The normalized spacial score (nSPS) is 10.8. The quantitative estimate of drug-likeness (QED) is 0.776. The van der Waals surface area contributed by atoms with Gasteiger partial charge in [-0.1, -0.05) is 36.8 Å². The van der Waals surface area contributed by atoms with Gasteiger partial charge in [-0.2, -0.15) is 0 Å². The largest absolute Gasteiger partial charge is 0.425 e. The molecule has 0 atom stereocenters. The molecule has 0 unspecified atom stereocenters. The molecule has 0 spiro atoms. The molecule has 1 heterocycles. The fourth-order valence-corrected chi connectivity index (χ4v) is 2.00. The summed E-state index contributed by atoms with van der Waals surface area (Å²) >= 11 is 0. The number of benzene rings is 1. The molecular weight excluding hydrogens is 238 g/mol. The molecule has 0 aliphatic heterocycles. The van der Waals surface area contributed by atoms with Gasteiger partial charge < -0.3 is 9.73 Å². The summed E-state index contributed by atoms with van der Waals surface area (Å²) in [5, 5.41) is 11.5. The van der Waals surface area contributed by atoms with Crippen LogP contribution in [0.3, 0.4) is 0 Å². The first kappa shape index (κ1) is 13.7. The Balaban J connectivity index is 1.87. The van der Waals surface area contributed by atoms with Crippen molar-refractivity contribution in [2.75, 3.05) is 13.1 Å².